The number of carbonyl (C=O) groups is 5. The molecular weight excluding hydrogens is 460 g/mol. The summed E-state index contributed by atoms with van der Waals surface area (Å²) < 4.78 is 5.20. The van der Waals surface area contributed by atoms with Crippen molar-refractivity contribution in [3.05, 3.63) is 48.0 Å². The first-order chi connectivity index (χ1) is 16.5. The monoisotopic (exact) mass is 492 g/mol. The Balaban J connectivity index is 0.000000658. The minimum absolute atomic E-state index is 0.150. The smallest absolute Gasteiger partial charge is 0.330 e. The Morgan fingerprint density at radius 2 is 1.66 bits per heavy atom. The second-order valence-electron chi connectivity index (χ2n) is 7.95. The lowest BCUT2D eigenvalue weighted by Gasteiger charge is -2.40. The number of rotatable bonds is 10. The minimum Gasteiger partial charge on any atom is -0.479 e. The Kier molecular flexibility index (Phi) is 11.6. The highest BCUT2D eigenvalue weighted by Crippen LogP contribution is 2.40. The van der Waals surface area contributed by atoms with E-state index in [-0.39, 0.29) is 26.0 Å². The van der Waals surface area contributed by atoms with Crippen LogP contribution in [0.2, 0.25) is 0 Å². The predicted octanol–water partition coefficient (Wildman–Crippen LogP) is 1.30. The molecule has 0 spiro atoms. The Labute approximate surface area is 203 Å². The van der Waals surface area contributed by atoms with Crippen molar-refractivity contribution in [1.29, 1.82) is 0 Å². The van der Waals surface area contributed by atoms with Crippen LogP contribution in [0, 0.1) is 5.92 Å². The summed E-state index contributed by atoms with van der Waals surface area (Å²) in [5.74, 6) is -5.69. The Morgan fingerprint density at radius 1 is 1.09 bits per heavy atom. The van der Waals surface area contributed by atoms with Gasteiger partial charge in [0.1, 0.15) is 0 Å². The Hall–Kier alpha value is -3.73. The normalized spacial score (nSPS) is 18.8. The highest BCUT2D eigenvalue weighted by molar-refractivity contribution is 5.94. The number of amides is 1. The highest BCUT2D eigenvalue weighted by Gasteiger charge is 2.58. The third-order valence-corrected chi connectivity index (χ3v) is 5.53. The van der Waals surface area contributed by atoms with Crippen molar-refractivity contribution in [1.82, 2.24) is 4.90 Å². The number of likely N-dealkylation sites (tertiary alicyclic amines) is 1. The van der Waals surface area contributed by atoms with E-state index in [4.69, 9.17) is 20.7 Å². The van der Waals surface area contributed by atoms with Gasteiger partial charge < -0.3 is 30.7 Å². The second-order valence-corrected chi connectivity index (χ2v) is 7.95. The molecule has 0 saturated carbocycles. The van der Waals surface area contributed by atoms with Gasteiger partial charge in [-0.15, -0.1) is 0 Å². The van der Waals surface area contributed by atoms with Crippen LogP contribution in [-0.2, 0) is 35.1 Å². The van der Waals surface area contributed by atoms with E-state index < -0.39 is 47.3 Å². The number of aryl methyl sites for hydroxylation is 1. The molecule has 1 unspecified atom stereocenters. The second kappa shape index (κ2) is 13.9. The number of nitrogens with zero attached hydrogens (tertiary/aromatic N) is 1. The van der Waals surface area contributed by atoms with E-state index in [1.54, 1.807) is 6.92 Å². The van der Waals surface area contributed by atoms with Crippen molar-refractivity contribution in [2.75, 3.05) is 13.2 Å². The van der Waals surface area contributed by atoms with E-state index in [9.17, 15) is 29.1 Å². The van der Waals surface area contributed by atoms with Gasteiger partial charge in [0, 0.05) is 18.7 Å². The fraction of sp³-hybridized carbons (Fsp3) is 0.458. The molecule has 1 aliphatic heterocycles. The van der Waals surface area contributed by atoms with E-state index in [1.807, 2.05) is 30.3 Å². The standard InChI is InChI=1S/C20H28N2O5.C4H4O4/c1-3-27-18(24)16(11-10-15-8-5-4-6-9-15)20(19(25)26)12-7-13-22(20)17(23)14(2)21;5-3(6)1-2-4(7)8/h4-6,8-9,14,16H,3,7,10-13,21H2,1-2H3,(H,25,26);1-2H,(H,5,6)(H,7,8)/b;2-1-/t14-,16?,20+;/m0./s1. The third-order valence-electron chi connectivity index (χ3n) is 5.53. The molecule has 1 aliphatic rings. The molecule has 0 aromatic heterocycles. The van der Waals surface area contributed by atoms with Crippen molar-refractivity contribution in [2.45, 2.75) is 51.1 Å². The number of ether oxygens (including phenoxy) is 1. The molecule has 192 valence electrons. The van der Waals surface area contributed by atoms with Gasteiger partial charge in [0.05, 0.1) is 18.6 Å². The van der Waals surface area contributed by atoms with E-state index in [0.717, 1.165) is 5.56 Å². The molecular formula is C24H32N2O9. The molecule has 11 nitrogen and oxygen atoms in total. The first-order valence-corrected chi connectivity index (χ1v) is 11.1. The fourth-order valence-electron chi connectivity index (χ4n) is 4.02. The number of hydrogen-bond acceptors (Lipinski definition) is 7. The molecule has 0 bridgehead atoms. The number of carboxylic acids is 3. The lowest BCUT2D eigenvalue weighted by atomic mass is 9.77. The van der Waals surface area contributed by atoms with Gasteiger partial charge in [0.25, 0.3) is 0 Å². The number of carboxylic acid groups (broad SMARTS) is 3. The molecule has 1 heterocycles. The SMILES string of the molecule is CCOC(=O)C(CCc1ccccc1)[C@@]1(C(=O)O)CCCN1C(=O)[C@H](C)N.O=C(O)/C=C\C(=O)O. The first kappa shape index (κ1) is 29.3. The summed E-state index contributed by atoms with van der Waals surface area (Å²) in [6, 6.07) is 8.70. The lowest BCUT2D eigenvalue weighted by Crippen LogP contribution is -2.62. The van der Waals surface area contributed by atoms with E-state index in [0.29, 0.717) is 25.0 Å². The van der Waals surface area contributed by atoms with Crippen molar-refractivity contribution >= 4 is 29.8 Å². The molecule has 35 heavy (non-hydrogen) atoms. The highest BCUT2D eigenvalue weighted by atomic mass is 16.5. The third kappa shape index (κ3) is 8.21. The van der Waals surface area contributed by atoms with Gasteiger partial charge in [0.15, 0.2) is 5.54 Å². The molecule has 3 atom stereocenters. The number of nitrogens with two attached hydrogens (primary N) is 1. The van der Waals surface area contributed by atoms with Crippen molar-refractivity contribution in [3.8, 4) is 0 Å². The largest absolute Gasteiger partial charge is 0.479 e. The zero-order chi connectivity index (χ0) is 26.6. The van der Waals surface area contributed by atoms with Crippen LogP contribution in [0.15, 0.2) is 42.5 Å². The maximum absolute atomic E-state index is 12.7. The molecule has 0 radical (unpaired) electrons. The van der Waals surface area contributed by atoms with Crippen molar-refractivity contribution < 1.29 is 44.0 Å². The topological polar surface area (TPSA) is 185 Å². The summed E-state index contributed by atoms with van der Waals surface area (Å²) in [4.78, 5) is 58.1. The van der Waals surface area contributed by atoms with Crippen LogP contribution in [0.5, 0.6) is 0 Å². The average Bonchev–Trinajstić information content (AvgIpc) is 3.24. The van der Waals surface area contributed by atoms with Crippen LogP contribution < -0.4 is 5.73 Å². The number of carbonyl (C=O) groups excluding carboxylic acids is 2. The molecule has 1 amide bonds. The van der Waals surface area contributed by atoms with Gasteiger partial charge in [-0.1, -0.05) is 30.3 Å². The minimum atomic E-state index is -1.62. The molecule has 1 aromatic rings. The summed E-state index contributed by atoms with van der Waals surface area (Å²) in [6.45, 7) is 3.63. The lowest BCUT2D eigenvalue weighted by molar-refractivity contribution is -0.170. The van der Waals surface area contributed by atoms with E-state index in [1.165, 1.54) is 11.8 Å². The summed E-state index contributed by atoms with van der Waals surface area (Å²) in [5, 5.41) is 25.7. The summed E-state index contributed by atoms with van der Waals surface area (Å²) in [7, 11) is 0. The Morgan fingerprint density at radius 3 is 2.11 bits per heavy atom. The van der Waals surface area contributed by atoms with Crippen LogP contribution in [0.3, 0.4) is 0 Å². The number of esters is 1. The van der Waals surface area contributed by atoms with Crippen molar-refractivity contribution in [3.63, 3.8) is 0 Å². The number of hydrogen-bond donors (Lipinski definition) is 4. The van der Waals surface area contributed by atoms with Gasteiger partial charge in [0.2, 0.25) is 5.91 Å². The summed E-state index contributed by atoms with van der Waals surface area (Å²) >= 11 is 0. The predicted molar refractivity (Wildman–Crippen MR) is 124 cm³/mol. The van der Waals surface area contributed by atoms with Gasteiger partial charge in [-0.25, -0.2) is 14.4 Å². The van der Waals surface area contributed by atoms with Crippen LogP contribution in [0.25, 0.3) is 0 Å². The molecule has 5 N–H and O–H groups in total. The Bertz CT molecular complexity index is 914. The molecule has 2 rings (SSSR count). The van der Waals surface area contributed by atoms with Crippen LogP contribution in [0.4, 0.5) is 0 Å². The van der Waals surface area contributed by atoms with Gasteiger partial charge in [-0.2, -0.15) is 0 Å². The molecule has 1 aromatic carbocycles. The van der Waals surface area contributed by atoms with Crippen molar-refractivity contribution in [2.24, 2.45) is 11.7 Å². The zero-order valence-corrected chi connectivity index (χ0v) is 19.8. The number of aliphatic carboxylic acids is 3. The quantitative estimate of drug-likeness (QED) is 0.274. The van der Waals surface area contributed by atoms with Gasteiger partial charge in [-0.3, -0.25) is 9.59 Å². The van der Waals surface area contributed by atoms with Crippen LogP contribution >= 0.6 is 0 Å². The molecule has 1 fully saturated rings. The zero-order valence-electron chi connectivity index (χ0n) is 19.8. The van der Waals surface area contributed by atoms with Gasteiger partial charge >= 0.3 is 23.9 Å². The average molecular weight is 493 g/mol. The summed E-state index contributed by atoms with van der Waals surface area (Å²) in [5.41, 5.74) is 5.11. The number of benzene rings is 1. The maximum Gasteiger partial charge on any atom is 0.330 e. The van der Waals surface area contributed by atoms with E-state index >= 15 is 0 Å². The van der Waals surface area contributed by atoms with Gasteiger partial charge in [-0.05, 0) is 45.1 Å². The molecule has 1 saturated heterocycles. The van der Waals surface area contributed by atoms with Crippen LogP contribution in [-0.4, -0.2) is 74.7 Å². The molecule has 0 aliphatic carbocycles. The van der Waals surface area contributed by atoms with Crippen LogP contribution in [0.1, 0.15) is 38.7 Å². The van der Waals surface area contributed by atoms with E-state index in [2.05, 4.69) is 0 Å². The molecule has 11 heteroatoms. The maximum atomic E-state index is 12.7. The fourth-order valence-corrected chi connectivity index (χ4v) is 4.02. The summed E-state index contributed by atoms with van der Waals surface area (Å²) in [6.07, 6.45) is 2.62. The first-order valence-electron chi connectivity index (χ1n) is 11.1.